The van der Waals surface area contributed by atoms with Crippen molar-refractivity contribution in [2.24, 2.45) is 0 Å². The monoisotopic (exact) mass is 296 g/mol. The number of hydrogen-bond acceptors (Lipinski definition) is 0. The Hall–Kier alpha value is 1.76. The predicted octanol–water partition coefficient (Wildman–Crippen LogP) is -2.04. The largest absolute Gasteiger partial charge is 1.00 e. The molecule has 0 aliphatic carbocycles. The topological polar surface area (TPSA) is 14.1 Å². The third-order valence-corrected chi connectivity index (χ3v) is 2.18. The van der Waals surface area contributed by atoms with Crippen LogP contribution in [0.25, 0.3) is 5.32 Å². The first-order valence-corrected chi connectivity index (χ1v) is 5.29. The molecule has 0 saturated carbocycles. The zero-order valence-electron chi connectivity index (χ0n) is 11.0. The number of nitrogens with zero attached hydrogens (tertiary/aromatic N) is 1. The fraction of sp³-hybridized carbons (Fsp3) is 1.00. The van der Waals surface area contributed by atoms with Crippen molar-refractivity contribution in [3.05, 3.63) is 5.32 Å². The Labute approximate surface area is 131 Å². The summed E-state index contributed by atoms with van der Waals surface area (Å²) in [6, 6.07) is 0. The smallest absolute Gasteiger partial charge is 1.00 e. The minimum Gasteiger partial charge on any atom is -1.00 e. The summed E-state index contributed by atoms with van der Waals surface area (Å²) < 4.78 is 0. The van der Waals surface area contributed by atoms with E-state index in [4.69, 9.17) is 5.32 Å². The van der Waals surface area contributed by atoms with E-state index < -0.39 is 0 Å². The molecule has 84 valence electrons. The van der Waals surface area contributed by atoms with Gasteiger partial charge in [-0.1, -0.05) is 47.0 Å². The second-order valence-electron chi connectivity index (χ2n) is 4.59. The maximum absolute atomic E-state index is 4.75. The van der Waals surface area contributed by atoms with Gasteiger partial charge in [0.25, 0.3) is 0 Å². The third kappa shape index (κ3) is 12.0. The Kier molecular flexibility index (Phi) is 18.6. The van der Waals surface area contributed by atoms with Crippen LogP contribution in [-0.2, 0) is 19.5 Å². The Morgan fingerprint density at radius 1 is 0.933 bits per heavy atom. The molecule has 1 aliphatic heterocycles. The molecule has 0 radical (unpaired) electrons. The molecule has 0 spiro atoms. The van der Waals surface area contributed by atoms with Crippen LogP contribution in [0.2, 0.25) is 0 Å². The van der Waals surface area contributed by atoms with E-state index in [9.17, 15) is 0 Å². The van der Waals surface area contributed by atoms with Gasteiger partial charge in [0.1, 0.15) is 0 Å². The third-order valence-electron chi connectivity index (χ3n) is 2.18. The summed E-state index contributed by atoms with van der Waals surface area (Å²) in [6.45, 7) is 8.92. The van der Waals surface area contributed by atoms with Crippen LogP contribution in [0.1, 0.15) is 47.0 Å². The Bertz CT molecular complexity index is 129. The van der Waals surface area contributed by atoms with Crippen LogP contribution < -0.4 is 31.3 Å². The van der Waals surface area contributed by atoms with Crippen molar-refractivity contribution in [3.63, 3.8) is 0 Å². The standard InChI is InChI=1S/C9H18N.CH3Cl.ClH.Li.Zn/c1-8(2)6-5-7-9(3,4)10-8;1-2;;;/h5-7H2,1-4H3;1H3;1H;;/q-1;;;+1;/p-1. The van der Waals surface area contributed by atoms with Crippen molar-refractivity contribution in [1.82, 2.24) is 0 Å². The zero-order valence-corrected chi connectivity index (χ0v) is 15.5. The number of halogens is 2. The number of hydrogen-bond donors (Lipinski definition) is 0. The second-order valence-corrected chi connectivity index (χ2v) is 4.59. The van der Waals surface area contributed by atoms with E-state index in [2.05, 4.69) is 39.3 Å². The van der Waals surface area contributed by atoms with Crippen LogP contribution in [0.5, 0.6) is 0 Å². The molecule has 0 atom stereocenters. The summed E-state index contributed by atoms with van der Waals surface area (Å²) in [6.07, 6.45) is 5.33. The molecule has 0 amide bonds. The SMILES string of the molecule is CC1(C)CCCC(C)(C)[N-]1.CCl.[Cl-].[Li+].[Zn]. The summed E-state index contributed by atoms with van der Waals surface area (Å²) in [7, 11) is 0. The van der Waals surface area contributed by atoms with E-state index in [0.717, 1.165) is 0 Å². The van der Waals surface area contributed by atoms with E-state index in [1.165, 1.54) is 25.6 Å². The molecule has 1 fully saturated rings. The second kappa shape index (κ2) is 10.9. The fourth-order valence-corrected chi connectivity index (χ4v) is 1.88. The van der Waals surface area contributed by atoms with Crippen LogP contribution in [0.3, 0.4) is 0 Å². The summed E-state index contributed by atoms with van der Waals surface area (Å²) in [5.74, 6) is 0. The van der Waals surface area contributed by atoms with E-state index in [0.29, 0.717) is 0 Å². The van der Waals surface area contributed by atoms with Crippen molar-refractivity contribution in [2.75, 3.05) is 6.38 Å². The molecule has 1 nitrogen and oxygen atoms in total. The van der Waals surface area contributed by atoms with Crippen LogP contribution >= 0.6 is 11.6 Å². The summed E-state index contributed by atoms with van der Waals surface area (Å²) in [4.78, 5) is 0. The minimum absolute atomic E-state index is 0. The van der Waals surface area contributed by atoms with Crippen LogP contribution in [0.4, 0.5) is 0 Å². The molecule has 0 aromatic heterocycles. The maximum atomic E-state index is 4.75. The molecule has 0 aromatic rings. The van der Waals surface area contributed by atoms with E-state index >= 15 is 0 Å². The average Bonchev–Trinajstić information content (AvgIpc) is 1.86. The number of piperidine rings is 1. The van der Waals surface area contributed by atoms with Gasteiger partial charge in [0, 0.05) is 25.9 Å². The Morgan fingerprint density at radius 2 is 1.20 bits per heavy atom. The Morgan fingerprint density at radius 3 is 1.33 bits per heavy atom. The van der Waals surface area contributed by atoms with Crippen molar-refractivity contribution >= 4 is 11.6 Å². The maximum Gasteiger partial charge on any atom is 1.00 e. The minimum atomic E-state index is 0. The quantitative estimate of drug-likeness (QED) is 0.361. The van der Waals surface area contributed by atoms with Gasteiger partial charge >= 0.3 is 18.9 Å². The Balaban J connectivity index is -0.000000114. The first kappa shape index (κ1) is 25.6. The average molecular weight is 299 g/mol. The van der Waals surface area contributed by atoms with Crippen molar-refractivity contribution in [1.29, 1.82) is 0 Å². The molecule has 1 heterocycles. The van der Waals surface area contributed by atoms with Gasteiger partial charge in [0.2, 0.25) is 0 Å². The van der Waals surface area contributed by atoms with Crippen LogP contribution in [0, 0.1) is 0 Å². The van der Waals surface area contributed by atoms with Gasteiger partial charge in [-0.15, -0.1) is 22.7 Å². The molecule has 1 rings (SSSR count). The first-order chi connectivity index (χ1) is 5.41. The molecule has 0 aromatic carbocycles. The first-order valence-electron chi connectivity index (χ1n) is 4.53. The van der Waals surface area contributed by atoms with Gasteiger partial charge in [0.15, 0.2) is 0 Å². The molecule has 5 heteroatoms. The normalized spacial score (nSPS) is 20.4. The number of alkyl halides is 1. The van der Waals surface area contributed by atoms with E-state index in [1.54, 1.807) is 0 Å². The summed E-state index contributed by atoms with van der Waals surface area (Å²) in [5.41, 5.74) is 0.476. The fourth-order valence-electron chi connectivity index (χ4n) is 1.88. The van der Waals surface area contributed by atoms with E-state index in [-0.39, 0.29) is 61.8 Å². The molecule has 0 unspecified atom stereocenters. The molecular weight excluding hydrogens is 277 g/mol. The van der Waals surface area contributed by atoms with Gasteiger partial charge in [-0.25, -0.2) is 0 Å². The summed E-state index contributed by atoms with van der Waals surface area (Å²) >= 11 is 4.64. The van der Waals surface area contributed by atoms with E-state index in [1.807, 2.05) is 0 Å². The molecule has 0 N–H and O–H groups in total. The van der Waals surface area contributed by atoms with Crippen LogP contribution in [-0.4, -0.2) is 17.5 Å². The van der Waals surface area contributed by atoms with Crippen molar-refractivity contribution in [2.45, 2.75) is 58.0 Å². The van der Waals surface area contributed by atoms with Gasteiger partial charge < -0.3 is 17.7 Å². The molecule has 0 bridgehead atoms. The van der Waals surface area contributed by atoms with Gasteiger partial charge in [0.05, 0.1) is 0 Å². The molecule has 1 aliphatic rings. The molecular formula is C10H21Cl2LiNZn-. The molecule has 1 saturated heterocycles. The predicted molar refractivity (Wildman–Crippen MR) is 57.1 cm³/mol. The van der Waals surface area contributed by atoms with Gasteiger partial charge in [-0.2, -0.15) is 0 Å². The summed E-state index contributed by atoms with van der Waals surface area (Å²) in [5, 5.41) is 4.75. The van der Waals surface area contributed by atoms with Crippen molar-refractivity contribution < 1.29 is 50.7 Å². The zero-order chi connectivity index (χ0) is 9.83. The van der Waals surface area contributed by atoms with Crippen molar-refractivity contribution in [3.8, 4) is 0 Å². The molecule has 15 heavy (non-hydrogen) atoms. The van der Waals surface area contributed by atoms with Crippen LogP contribution in [0.15, 0.2) is 0 Å². The number of rotatable bonds is 0. The van der Waals surface area contributed by atoms with Gasteiger partial charge in [-0.05, 0) is 0 Å². The van der Waals surface area contributed by atoms with Gasteiger partial charge in [-0.3, -0.25) is 0 Å².